The van der Waals surface area contributed by atoms with E-state index in [1.54, 1.807) is 12.3 Å². The molecular formula is C21H21ClN4O. The minimum atomic E-state index is -0.265. The van der Waals surface area contributed by atoms with Crippen molar-refractivity contribution in [2.75, 3.05) is 17.2 Å². The number of carbonyl (C=O) groups is 1. The molecule has 0 spiro atoms. The molecule has 1 aromatic heterocycles. The Hall–Kier alpha value is -2.92. The highest BCUT2D eigenvalue weighted by Crippen LogP contribution is 2.15. The van der Waals surface area contributed by atoms with Gasteiger partial charge in [0.1, 0.15) is 5.69 Å². The summed E-state index contributed by atoms with van der Waals surface area (Å²) >= 11 is 5.99. The van der Waals surface area contributed by atoms with Crippen LogP contribution in [-0.2, 0) is 6.42 Å². The summed E-state index contributed by atoms with van der Waals surface area (Å²) in [4.78, 5) is 20.9. The van der Waals surface area contributed by atoms with Crippen LogP contribution in [0.15, 0.2) is 54.7 Å². The van der Waals surface area contributed by atoms with Crippen LogP contribution in [-0.4, -0.2) is 22.4 Å². The van der Waals surface area contributed by atoms with E-state index in [4.69, 9.17) is 11.6 Å². The van der Waals surface area contributed by atoms with Gasteiger partial charge in [-0.2, -0.15) is 0 Å². The van der Waals surface area contributed by atoms with E-state index in [2.05, 4.69) is 20.6 Å². The van der Waals surface area contributed by atoms with Crippen LogP contribution in [0.1, 0.15) is 27.2 Å². The fraction of sp³-hybridized carbons (Fsp3) is 0.190. The van der Waals surface area contributed by atoms with E-state index in [1.807, 2.05) is 56.3 Å². The smallest absolute Gasteiger partial charge is 0.274 e. The lowest BCUT2D eigenvalue weighted by molar-refractivity contribution is 0.102. The van der Waals surface area contributed by atoms with E-state index in [-0.39, 0.29) is 5.91 Å². The van der Waals surface area contributed by atoms with Crippen molar-refractivity contribution < 1.29 is 4.79 Å². The Morgan fingerprint density at radius 1 is 1.07 bits per heavy atom. The van der Waals surface area contributed by atoms with E-state index >= 15 is 0 Å². The number of aromatic nitrogens is 2. The average Bonchev–Trinajstić information content (AvgIpc) is 2.65. The van der Waals surface area contributed by atoms with Crippen LogP contribution in [0.25, 0.3) is 0 Å². The second-order valence-corrected chi connectivity index (χ2v) is 6.76. The molecule has 5 nitrogen and oxygen atoms in total. The zero-order chi connectivity index (χ0) is 19.2. The molecule has 0 atom stereocenters. The highest BCUT2D eigenvalue weighted by molar-refractivity contribution is 6.30. The first-order valence-corrected chi connectivity index (χ1v) is 9.09. The number of halogens is 1. The van der Waals surface area contributed by atoms with Gasteiger partial charge in [-0.3, -0.25) is 4.79 Å². The fourth-order valence-corrected chi connectivity index (χ4v) is 2.81. The van der Waals surface area contributed by atoms with Crippen molar-refractivity contribution in [2.45, 2.75) is 20.3 Å². The molecule has 1 heterocycles. The van der Waals surface area contributed by atoms with E-state index in [0.29, 0.717) is 23.2 Å². The molecule has 0 fully saturated rings. The van der Waals surface area contributed by atoms with Gasteiger partial charge < -0.3 is 10.6 Å². The molecule has 0 aliphatic heterocycles. The summed E-state index contributed by atoms with van der Waals surface area (Å²) in [6, 6.07) is 15.1. The third-order valence-electron chi connectivity index (χ3n) is 4.24. The van der Waals surface area contributed by atoms with Crippen molar-refractivity contribution in [1.29, 1.82) is 0 Å². The van der Waals surface area contributed by atoms with E-state index in [1.165, 1.54) is 5.56 Å². The molecular weight excluding hydrogens is 360 g/mol. The number of hydrogen-bond acceptors (Lipinski definition) is 4. The molecule has 6 heteroatoms. The van der Waals surface area contributed by atoms with Gasteiger partial charge in [-0.25, -0.2) is 9.97 Å². The molecule has 0 bridgehead atoms. The van der Waals surface area contributed by atoms with Gasteiger partial charge in [0.25, 0.3) is 5.91 Å². The first-order valence-electron chi connectivity index (χ1n) is 8.71. The molecule has 0 aliphatic carbocycles. The molecule has 0 aliphatic rings. The van der Waals surface area contributed by atoms with Crippen molar-refractivity contribution in [3.05, 3.63) is 82.1 Å². The molecule has 0 radical (unpaired) electrons. The molecule has 2 aromatic carbocycles. The van der Waals surface area contributed by atoms with Gasteiger partial charge in [-0.05, 0) is 67.3 Å². The number of hydrogen-bond donors (Lipinski definition) is 2. The molecule has 0 unspecified atom stereocenters. The van der Waals surface area contributed by atoms with Gasteiger partial charge in [-0.15, -0.1) is 0 Å². The molecule has 0 saturated carbocycles. The van der Waals surface area contributed by atoms with Gasteiger partial charge in [0.05, 0.1) is 0 Å². The lowest BCUT2D eigenvalue weighted by Crippen LogP contribution is -2.16. The topological polar surface area (TPSA) is 66.9 Å². The van der Waals surface area contributed by atoms with Gasteiger partial charge in [0, 0.05) is 23.5 Å². The Labute approximate surface area is 163 Å². The standard InChI is InChI=1S/C21H21ClN4O/c1-14-6-7-18(12-15(14)2)25-20(27)19-9-11-24-21(26-19)23-10-8-16-4-3-5-17(22)13-16/h3-7,9,11-13H,8,10H2,1-2H3,(H,25,27)(H,23,24,26). The van der Waals surface area contributed by atoms with E-state index in [9.17, 15) is 4.79 Å². The monoisotopic (exact) mass is 380 g/mol. The molecule has 2 N–H and O–H groups in total. The van der Waals surface area contributed by atoms with Crippen LogP contribution in [0.4, 0.5) is 11.6 Å². The Morgan fingerprint density at radius 3 is 2.70 bits per heavy atom. The maximum Gasteiger partial charge on any atom is 0.274 e. The number of rotatable bonds is 6. The van der Waals surface area contributed by atoms with Gasteiger partial charge >= 0.3 is 0 Å². The number of anilines is 2. The summed E-state index contributed by atoms with van der Waals surface area (Å²) in [5, 5.41) is 6.73. The summed E-state index contributed by atoms with van der Waals surface area (Å²) in [7, 11) is 0. The maximum atomic E-state index is 12.5. The Morgan fingerprint density at radius 2 is 1.93 bits per heavy atom. The molecule has 3 aromatic rings. The minimum Gasteiger partial charge on any atom is -0.354 e. The van der Waals surface area contributed by atoms with Gasteiger partial charge in [0.15, 0.2) is 0 Å². The lowest BCUT2D eigenvalue weighted by Gasteiger charge is -2.09. The van der Waals surface area contributed by atoms with Crippen molar-refractivity contribution in [3.8, 4) is 0 Å². The van der Waals surface area contributed by atoms with Gasteiger partial charge in [-0.1, -0.05) is 29.8 Å². The maximum absolute atomic E-state index is 12.5. The summed E-state index contributed by atoms with van der Waals surface area (Å²) in [6.45, 7) is 4.69. The predicted molar refractivity (Wildman–Crippen MR) is 110 cm³/mol. The third kappa shape index (κ3) is 5.28. The SMILES string of the molecule is Cc1ccc(NC(=O)c2ccnc(NCCc3cccc(Cl)c3)n2)cc1C. The largest absolute Gasteiger partial charge is 0.354 e. The molecule has 138 valence electrons. The van der Waals surface area contributed by atoms with Crippen molar-refractivity contribution in [3.63, 3.8) is 0 Å². The number of benzene rings is 2. The zero-order valence-corrected chi connectivity index (χ0v) is 16.0. The van der Waals surface area contributed by atoms with Crippen LogP contribution >= 0.6 is 11.6 Å². The van der Waals surface area contributed by atoms with Crippen LogP contribution in [0.3, 0.4) is 0 Å². The minimum absolute atomic E-state index is 0.265. The van der Waals surface area contributed by atoms with E-state index < -0.39 is 0 Å². The fourth-order valence-electron chi connectivity index (χ4n) is 2.60. The zero-order valence-electron chi connectivity index (χ0n) is 15.3. The Kier molecular flexibility index (Phi) is 6.04. The quantitative estimate of drug-likeness (QED) is 0.653. The average molecular weight is 381 g/mol. The first-order chi connectivity index (χ1) is 13.0. The summed E-state index contributed by atoms with van der Waals surface area (Å²) in [5.41, 5.74) is 4.49. The summed E-state index contributed by atoms with van der Waals surface area (Å²) < 4.78 is 0. The number of nitrogens with one attached hydrogen (secondary N) is 2. The van der Waals surface area contributed by atoms with Crippen molar-refractivity contribution >= 4 is 29.1 Å². The lowest BCUT2D eigenvalue weighted by atomic mass is 10.1. The second kappa shape index (κ2) is 8.64. The summed E-state index contributed by atoms with van der Waals surface area (Å²) in [5.74, 6) is 0.156. The number of nitrogens with zero attached hydrogens (tertiary/aromatic N) is 2. The molecule has 3 rings (SSSR count). The summed E-state index contributed by atoms with van der Waals surface area (Å²) in [6.07, 6.45) is 2.35. The molecule has 27 heavy (non-hydrogen) atoms. The Balaban J connectivity index is 1.60. The van der Waals surface area contributed by atoms with Crippen LogP contribution in [0.2, 0.25) is 5.02 Å². The highest BCUT2D eigenvalue weighted by atomic mass is 35.5. The second-order valence-electron chi connectivity index (χ2n) is 6.33. The third-order valence-corrected chi connectivity index (χ3v) is 4.47. The predicted octanol–water partition coefficient (Wildman–Crippen LogP) is 4.65. The molecule has 0 saturated heterocycles. The number of amides is 1. The van der Waals surface area contributed by atoms with Crippen molar-refractivity contribution in [1.82, 2.24) is 9.97 Å². The van der Waals surface area contributed by atoms with Crippen LogP contribution in [0.5, 0.6) is 0 Å². The van der Waals surface area contributed by atoms with Crippen molar-refractivity contribution in [2.24, 2.45) is 0 Å². The number of carbonyl (C=O) groups excluding carboxylic acids is 1. The first kappa shape index (κ1) is 18.9. The van der Waals surface area contributed by atoms with Gasteiger partial charge in [0.2, 0.25) is 5.95 Å². The molecule has 1 amide bonds. The number of aryl methyl sites for hydroxylation is 2. The highest BCUT2D eigenvalue weighted by Gasteiger charge is 2.10. The Bertz CT molecular complexity index is 958. The normalized spacial score (nSPS) is 10.5. The van der Waals surface area contributed by atoms with Crippen LogP contribution in [0, 0.1) is 13.8 Å². The van der Waals surface area contributed by atoms with E-state index in [0.717, 1.165) is 23.2 Å². The van der Waals surface area contributed by atoms with Crippen LogP contribution < -0.4 is 10.6 Å².